The van der Waals surface area contributed by atoms with Gasteiger partial charge in [0.05, 0.1) is 0 Å². The predicted octanol–water partition coefficient (Wildman–Crippen LogP) is 1.46. The number of hydrogen-bond donors (Lipinski definition) is 0. The van der Waals surface area contributed by atoms with Crippen LogP contribution in [0.15, 0.2) is 59.6 Å². The minimum absolute atomic E-state index is 0.180. The van der Waals surface area contributed by atoms with Crippen LogP contribution in [0.4, 0.5) is 5.82 Å². The van der Waals surface area contributed by atoms with Gasteiger partial charge in [0.2, 0.25) is 10.0 Å². The number of para-hydroxylation sites is 1. The van der Waals surface area contributed by atoms with Crippen molar-refractivity contribution in [2.45, 2.75) is 5.75 Å². The van der Waals surface area contributed by atoms with Crippen molar-refractivity contribution in [2.75, 3.05) is 31.1 Å². The summed E-state index contributed by atoms with van der Waals surface area (Å²) < 4.78 is 34.3. The quantitative estimate of drug-likeness (QED) is 0.473. The van der Waals surface area contributed by atoms with Crippen LogP contribution < -0.4 is 4.90 Å². The molecule has 1 aromatic carbocycles. The lowest BCUT2D eigenvalue weighted by Crippen LogP contribution is -2.49. The SMILES string of the molecule is O=S(=O)(Cc1noc2ccccc12)N1CCN(c2cc(-n3cccn3)ncn2)CC1. The highest BCUT2D eigenvalue weighted by Gasteiger charge is 2.29. The second kappa shape index (κ2) is 7.50. The summed E-state index contributed by atoms with van der Waals surface area (Å²) in [6.07, 6.45) is 4.98. The van der Waals surface area contributed by atoms with E-state index in [0.29, 0.717) is 43.3 Å². The molecular formula is C19H19N7O3S. The fourth-order valence-corrected chi connectivity index (χ4v) is 5.00. The predicted molar refractivity (Wildman–Crippen MR) is 110 cm³/mol. The number of nitrogens with zero attached hydrogens (tertiary/aromatic N) is 7. The third-order valence-electron chi connectivity index (χ3n) is 5.10. The van der Waals surface area contributed by atoms with E-state index in [1.165, 1.54) is 10.6 Å². The smallest absolute Gasteiger partial charge is 0.220 e. The molecule has 0 atom stereocenters. The number of rotatable bonds is 5. The van der Waals surface area contributed by atoms with E-state index >= 15 is 0 Å². The summed E-state index contributed by atoms with van der Waals surface area (Å²) in [6.45, 7) is 1.82. The molecule has 0 bridgehead atoms. The lowest BCUT2D eigenvalue weighted by Gasteiger charge is -2.34. The van der Waals surface area contributed by atoms with Crippen LogP contribution >= 0.6 is 0 Å². The van der Waals surface area contributed by atoms with Gasteiger partial charge < -0.3 is 9.42 Å². The zero-order chi connectivity index (χ0) is 20.6. The van der Waals surface area contributed by atoms with E-state index in [0.717, 1.165) is 11.2 Å². The Bertz CT molecular complexity index is 1260. The van der Waals surface area contributed by atoms with Gasteiger partial charge in [-0.1, -0.05) is 17.3 Å². The second-order valence-corrected chi connectivity index (χ2v) is 8.92. The third kappa shape index (κ3) is 3.53. The molecule has 0 saturated carbocycles. The Morgan fingerprint density at radius 1 is 1.00 bits per heavy atom. The summed E-state index contributed by atoms with van der Waals surface area (Å²) in [7, 11) is -3.51. The Morgan fingerprint density at radius 2 is 1.80 bits per heavy atom. The monoisotopic (exact) mass is 425 g/mol. The normalized spacial score (nSPS) is 15.7. The van der Waals surface area contributed by atoms with E-state index in [9.17, 15) is 8.42 Å². The Morgan fingerprint density at radius 3 is 2.60 bits per heavy atom. The van der Waals surface area contributed by atoms with Crippen LogP contribution in [-0.2, 0) is 15.8 Å². The fourth-order valence-electron chi connectivity index (χ4n) is 3.54. The van der Waals surface area contributed by atoms with Crippen molar-refractivity contribution in [2.24, 2.45) is 0 Å². The average molecular weight is 425 g/mol. The van der Waals surface area contributed by atoms with Crippen molar-refractivity contribution < 1.29 is 12.9 Å². The largest absolute Gasteiger partial charge is 0.356 e. The van der Waals surface area contributed by atoms with Gasteiger partial charge in [-0.3, -0.25) is 0 Å². The van der Waals surface area contributed by atoms with E-state index in [2.05, 4.69) is 20.2 Å². The summed E-state index contributed by atoms with van der Waals surface area (Å²) in [5, 5.41) is 8.86. The fraction of sp³-hybridized carbons (Fsp3) is 0.263. The molecule has 1 fully saturated rings. The second-order valence-electron chi connectivity index (χ2n) is 6.95. The maximum absolute atomic E-state index is 12.9. The Hall–Kier alpha value is -3.31. The first kappa shape index (κ1) is 18.7. The molecule has 10 nitrogen and oxygen atoms in total. The molecule has 0 N–H and O–H groups in total. The van der Waals surface area contributed by atoms with Crippen LogP contribution in [0.3, 0.4) is 0 Å². The standard InChI is InChI=1S/C19H19N7O3S/c27-30(28,13-16-15-4-1-2-5-17(15)29-23-16)25-10-8-24(9-11-25)18-12-19(21-14-20-18)26-7-3-6-22-26/h1-7,12,14H,8-11,13H2. The molecule has 1 aliphatic rings. The van der Waals surface area contributed by atoms with Gasteiger partial charge in [-0.15, -0.1) is 0 Å². The zero-order valence-electron chi connectivity index (χ0n) is 16.0. The molecule has 0 unspecified atom stereocenters. The first-order valence-corrected chi connectivity index (χ1v) is 11.1. The van der Waals surface area contributed by atoms with Crippen molar-refractivity contribution >= 4 is 26.8 Å². The number of anilines is 1. The third-order valence-corrected chi connectivity index (χ3v) is 6.89. The van der Waals surface area contributed by atoms with Crippen LogP contribution in [0, 0.1) is 0 Å². The minimum Gasteiger partial charge on any atom is -0.356 e. The van der Waals surface area contributed by atoms with Crippen molar-refractivity contribution in [3.05, 3.63) is 60.8 Å². The van der Waals surface area contributed by atoms with Crippen LogP contribution in [-0.4, -0.2) is 63.8 Å². The first-order chi connectivity index (χ1) is 14.6. The van der Waals surface area contributed by atoms with Crippen molar-refractivity contribution in [1.29, 1.82) is 0 Å². The highest BCUT2D eigenvalue weighted by atomic mass is 32.2. The molecule has 0 amide bonds. The molecule has 0 aliphatic carbocycles. The molecule has 1 saturated heterocycles. The van der Waals surface area contributed by atoms with Crippen molar-refractivity contribution in [3.63, 3.8) is 0 Å². The van der Waals surface area contributed by atoms with Crippen LogP contribution in [0.2, 0.25) is 0 Å². The molecule has 0 radical (unpaired) electrons. The number of benzene rings is 1. The van der Waals surface area contributed by atoms with E-state index in [1.807, 2.05) is 41.4 Å². The minimum atomic E-state index is -3.51. The van der Waals surface area contributed by atoms with Crippen LogP contribution in [0.1, 0.15) is 5.69 Å². The molecule has 3 aromatic heterocycles. The molecule has 4 heterocycles. The number of hydrogen-bond acceptors (Lipinski definition) is 8. The molecule has 30 heavy (non-hydrogen) atoms. The summed E-state index contributed by atoms with van der Waals surface area (Å²) in [5.41, 5.74) is 1.02. The molecule has 1 aliphatic heterocycles. The summed E-state index contributed by atoms with van der Waals surface area (Å²) in [5.74, 6) is 1.23. The topological polar surface area (TPSA) is 110 Å². The maximum atomic E-state index is 12.9. The summed E-state index contributed by atoms with van der Waals surface area (Å²) in [4.78, 5) is 10.6. The van der Waals surface area contributed by atoms with E-state index < -0.39 is 10.0 Å². The zero-order valence-corrected chi connectivity index (χ0v) is 16.8. The highest BCUT2D eigenvalue weighted by molar-refractivity contribution is 7.88. The van der Waals surface area contributed by atoms with E-state index in [-0.39, 0.29) is 5.75 Å². The maximum Gasteiger partial charge on any atom is 0.220 e. The van der Waals surface area contributed by atoms with Gasteiger partial charge in [0.1, 0.15) is 23.6 Å². The molecule has 0 spiro atoms. The highest BCUT2D eigenvalue weighted by Crippen LogP contribution is 2.22. The van der Waals surface area contributed by atoms with Gasteiger partial charge in [0.15, 0.2) is 11.4 Å². The van der Waals surface area contributed by atoms with Gasteiger partial charge in [0, 0.05) is 50.0 Å². The number of piperazine rings is 1. The number of fused-ring (bicyclic) bond motifs is 1. The van der Waals surface area contributed by atoms with Gasteiger partial charge in [0.25, 0.3) is 0 Å². The van der Waals surface area contributed by atoms with Crippen LogP contribution in [0.5, 0.6) is 0 Å². The van der Waals surface area contributed by atoms with Gasteiger partial charge in [-0.25, -0.2) is 23.1 Å². The van der Waals surface area contributed by atoms with Gasteiger partial charge in [-0.2, -0.15) is 9.40 Å². The van der Waals surface area contributed by atoms with Crippen molar-refractivity contribution in [1.82, 2.24) is 29.2 Å². The van der Waals surface area contributed by atoms with Gasteiger partial charge >= 0.3 is 0 Å². The van der Waals surface area contributed by atoms with E-state index in [4.69, 9.17) is 4.52 Å². The molecule has 11 heteroatoms. The summed E-state index contributed by atoms with van der Waals surface area (Å²) in [6, 6.07) is 10.9. The number of sulfonamides is 1. The molecule has 4 aromatic rings. The average Bonchev–Trinajstić information content (AvgIpc) is 3.45. The van der Waals surface area contributed by atoms with Crippen LogP contribution in [0.25, 0.3) is 16.8 Å². The van der Waals surface area contributed by atoms with Gasteiger partial charge in [-0.05, 0) is 18.2 Å². The Balaban J connectivity index is 1.28. The summed E-state index contributed by atoms with van der Waals surface area (Å²) >= 11 is 0. The molecule has 154 valence electrons. The molecule has 5 rings (SSSR count). The lowest BCUT2D eigenvalue weighted by atomic mass is 10.2. The Kier molecular flexibility index (Phi) is 4.68. The lowest BCUT2D eigenvalue weighted by molar-refractivity contribution is 0.381. The Labute approximate surface area is 172 Å². The van der Waals surface area contributed by atoms with Crippen molar-refractivity contribution in [3.8, 4) is 5.82 Å². The first-order valence-electron chi connectivity index (χ1n) is 9.48. The number of aromatic nitrogens is 5. The van der Waals surface area contributed by atoms with E-state index in [1.54, 1.807) is 16.9 Å². The molecular weight excluding hydrogens is 406 g/mol.